The molecule has 0 bridgehead atoms. The van der Waals surface area contributed by atoms with E-state index in [4.69, 9.17) is 0 Å². The lowest BCUT2D eigenvalue weighted by atomic mass is 10.2. The lowest BCUT2D eigenvalue weighted by Crippen LogP contribution is -2.23. The third kappa shape index (κ3) is 4.03. The molecular weight excluding hydrogens is 346 g/mol. The molecule has 0 atom stereocenters. The number of nitrogens with zero attached hydrogens (tertiary/aromatic N) is 2. The largest absolute Gasteiger partial charge is 0.268 e. The Hall–Kier alpha value is -2.44. The van der Waals surface area contributed by atoms with Crippen LogP contribution in [-0.2, 0) is 16.6 Å². The Morgan fingerprint density at radius 3 is 2.31 bits per heavy atom. The van der Waals surface area contributed by atoms with Gasteiger partial charge in [-0.25, -0.2) is 13.1 Å². The third-order valence-corrected chi connectivity index (χ3v) is 5.55. The van der Waals surface area contributed by atoms with E-state index in [1.54, 1.807) is 10.9 Å². The summed E-state index contributed by atoms with van der Waals surface area (Å²) in [6.07, 6.45) is 1.60. The van der Waals surface area contributed by atoms with E-state index in [0.717, 1.165) is 16.7 Å². The number of aryl methyl sites for hydroxylation is 1. The topological polar surface area (TPSA) is 64.0 Å². The molecule has 0 aliphatic rings. The predicted octanol–water partition coefficient (Wildman–Crippen LogP) is 3.92. The number of rotatable bonds is 6. The molecule has 3 aromatic rings. The molecule has 5 nitrogen and oxygen atoms in total. The maximum Gasteiger partial charge on any atom is 0.244 e. The molecule has 0 unspecified atom stereocenters. The molecule has 1 heterocycles. The van der Waals surface area contributed by atoms with Gasteiger partial charge in [0.2, 0.25) is 10.0 Å². The molecule has 0 saturated heterocycles. The van der Waals surface area contributed by atoms with Gasteiger partial charge in [-0.3, -0.25) is 4.68 Å². The van der Waals surface area contributed by atoms with Gasteiger partial charge in [-0.05, 0) is 26.3 Å². The number of nitrogens with one attached hydrogen (secondary N) is 1. The number of hydrogen-bond acceptors (Lipinski definition) is 3. The molecule has 3 rings (SSSR count). The van der Waals surface area contributed by atoms with Crippen molar-refractivity contribution in [1.29, 1.82) is 0 Å². The molecule has 0 aliphatic carbocycles. The van der Waals surface area contributed by atoms with Gasteiger partial charge in [0.05, 0.1) is 0 Å². The van der Waals surface area contributed by atoms with Crippen LogP contribution in [0.4, 0.5) is 0 Å². The van der Waals surface area contributed by atoms with E-state index in [1.807, 2.05) is 75.4 Å². The number of hydrogen-bond donors (Lipinski definition) is 1. The minimum absolute atomic E-state index is 0.0681. The van der Waals surface area contributed by atoms with E-state index in [-0.39, 0.29) is 17.5 Å². The molecule has 1 aromatic heterocycles. The summed E-state index contributed by atoms with van der Waals surface area (Å²) in [5.74, 6) is 0. The van der Waals surface area contributed by atoms with Gasteiger partial charge in [0.25, 0.3) is 0 Å². The lowest BCUT2D eigenvalue weighted by Gasteiger charge is -2.07. The second kappa shape index (κ2) is 7.43. The summed E-state index contributed by atoms with van der Waals surface area (Å²) in [6, 6.07) is 17.2. The fourth-order valence-corrected chi connectivity index (χ4v) is 3.77. The van der Waals surface area contributed by atoms with Crippen LogP contribution in [0.1, 0.15) is 31.0 Å². The fraction of sp³-hybridized carbons (Fsp3) is 0.250. The first-order chi connectivity index (χ1) is 12.4. The van der Waals surface area contributed by atoms with Crippen LogP contribution in [0, 0.1) is 6.92 Å². The van der Waals surface area contributed by atoms with Crippen molar-refractivity contribution in [2.24, 2.45) is 0 Å². The zero-order valence-corrected chi connectivity index (χ0v) is 16.0. The molecule has 0 saturated carbocycles. The number of sulfonamides is 1. The Kier molecular flexibility index (Phi) is 5.25. The van der Waals surface area contributed by atoms with Gasteiger partial charge in [0, 0.05) is 24.3 Å². The highest BCUT2D eigenvalue weighted by atomic mass is 32.2. The molecule has 0 fully saturated rings. The van der Waals surface area contributed by atoms with Crippen LogP contribution in [-0.4, -0.2) is 18.2 Å². The van der Waals surface area contributed by atoms with Gasteiger partial charge in [-0.2, -0.15) is 5.10 Å². The van der Waals surface area contributed by atoms with Gasteiger partial charge < -0.3 is 0 Å². The standard InChI is InChI=1S/C20H23N3O2S/c1-15(2)23-14-19(20(22-23)18-7-5-4-6-8-18)26(24,25)21-13-17-11-9-16(3)10-12-17/h4-12,14-15,21H,13H2,1-3H3. The Bertz CT molecular complexity index is 976. The van der Waals surface area contributed by atoms with Crippen molar-refractivity contribution in [3.63, 3.8) is 0 Å². The first kappa shape index (κ1) is 18.4. The first-order valence-corrected chi connectivity index (χ1v) is 10.0. The van der Waals surface area contributed by atoms with E-state index in [1.165, 1.54) is 0 Å². The van der Waals surface area contributed by atoms with Crippen molar-refractivity contribution in [2.75, 3.05) is 0 Å². The second-order valence-electron chi connectivity index (χ2n) is 6.59. The number of benzene rings is 2. The summed E-state index contributed by atoms with van der Waals surface area (Å²) in [5, 5.41) is 4.51. The Morgan fingerprint density at radius 1 is 1.04 bits per heavy atom. The van der Waals surface area contributed by atoms with Gasteiger partial charge in [-0.15, -0.1) is 0 Å². The van der Waals surface area contributed by atoms with Crippen molar-refractivity contribution in [2.45, 2.75) is 38.3 Å². The average Bonchev–Trinajstić information content (AvgIpc) is 3.09. The highest BCUT2D eigenvalue weighted by Gasteiger charge is 2.24. The molecule has 0 radical (unpaired) electrons. The molecule has 0 aliphatic heterocycles. The van der Waals surface area contributed by atoms with Crippen LogP contribution in [0.2, 0.25) is 0 Å². The highest BCUT2D eigenvalue weighted by Crippen LogP contribution is 2.27. The van der Waals surface area contributed by atoms with E-state index >= 15 is 0 Å². The number of aromatic nitrogens is 2. The molecule has 1 N–H and O–H groups in total. The molecular formula is C20H23N3O2S. The summed E-state index contributed by atoms with van der Waals surface area (Å²) in [5.41, 5.74) is 3.30. The van der Waals surface area contributed by atoms with Crippen LogP contribution >= 0.6 is 0 Å². The Balaban J connectivity index is 1.94. The zero-order valence-electron chi connectivity index (χ0n) is 15.2. The van der Waals surface area contributed by atoms with E-state index < -0.39 is 10.0 Å². The summed E-state index contributed by atoms with van der Waals surface area (Å²) >= 11 is 0. The molecule has 6 heteroatoms. The zero-order chi connectivity index (χ0) is 18.7. The molecule has 2 aromatic carbocycles. The smallest absolute Gasteiger partial charge is 0.244 e. The highest BCUT2D eigenvalue weighted by molar-refractivity contribution is 7.89. The van der Waals surface area contributed by atoms with Crippen LogP contribution in [0.25, 0.3) is 11.3 Å². The summed E-state index contributed by atoms with van der Waals surface area (Å²) in [6.45, 7) is 6.18. The monoisotopic (exact) mass is 369 g/mol. The first-order valence-electron chi connectivity index (χ1n) is 8.56. The maximum atomic E-state index is 12.9. The average molecular weight is 369 g/mol. The Labute approximate surface area is 154 Å². The van der Waals surface area contributed by atoms with Crippen LogP contribution < -0.4 is 4.72 Å². The lowest BCUT2D eigenvalue weighted by molar-refractivity contribution is 0.532. The predicted molar refractivity (Wildman–Crippen MR) is 103 cm³/mol. The summed E-state index contributed by atoms with van der Waals surface area (Å²) < 4.78 is 30.3. The van der Waals surface area contributed by atoms with Gasteiger partial charge in [0.1, 0.15) is 10.6 Å². The minimum Gasteiger partial charge on any atom is -0.268 e. The third-order valence-electron chi connectivity index (χ3n) is 4.15. The summed E-state index contributed by atoms with van der Waals surface area (Å²) in [4.78, 5) is 0.199. The van der Waals surface area contributed by atoms with Gasteiger partial charge in [0.15, 0.2) is 0 Å². The molecule has 26 heavy (non-hydrogen) atoms. The van der Waals surface area contributed by atoms with Crippen molar-refractivity contribution in [3.8, 4) is 11.3 Å². The fourth-order valence-electron chi connectivity index (χ4n) is 2.59. The normalized spacial score (nSPS) is 11.8. The van der Waals surface area contributed by atoms with Crippen LogP contribution in [0.15, 0.2) is 65.7 Å². The molecule has 136 valence electrons. The quantitative estimate of drug-likeness (QED) is 0.716. The Morgan fingerprint density at radius 2 is 1.69 bits per heavy atom. The van der Waals surface area contributed by atoms with E-state index in [2.05, 4.69) is 9.82 Å². The van der Waals surface area contributed by atoms with Gasteiger partial charge >= 0.3 is 0 Å². The second-order valence-corrected chi connectivity index (χ2v) is 8.33. The van der Waals surface area contributed by atoms with Gasteiger partial charge in [-0.1, -0.05) is 60.2 Å². The van der Waals surface area contributed by atoms with Crippen LogP contribution in [0.3, 0.4) is 0 Å². The van der Waals surface area contributed by atoms with Crippen molar-refractivity contribution < 1.29 is 8.42 Å². The minimum atomic E-state index is -3.69. The van der Waals surface area contributed by atoms with E-state index in [9.17, 15) is 8.42 Å². The maximum absolute atomic E-state index is 12.9. The van der Waals surface area contributed by atoms with E-state index in [0.29, 0.717) is 5.69 Å². The van der Waals surface area contributed by atoms with Crippen molar-refractivity contribution in [3.05, 3.63) is 71.9 Å². The van der Waals surface area contributed by atoms with Crippen molar-refractivity contribution >= 4 is 10.0 Å². The SMILES string of the molecule is Cc1ccc(CNS(=O)(=O)c2cn(C(C)C)nc2-c2ccccc2)cc1. The molecule has 0 amide bonds. The summed E-state index contributed by atoms with van der Waals surface area (Å²) in [7, 11) is -3.69. The van der Waals surface area contributed by atoms with Crippen molar-refractivity contribution in [1.82, 2.24) is 14.5 Å². The van der Waals surface area contributed by atoms with Crippen LogP contribution in [0.5, 0.6) is 0 Å². The molecule has 0 spiro atoms.